The van der Waals surface area contributed by atoms with E-state index < -0.39 is 0 Å². The zero-order valence-corrected chi connectivity index (χ0v) is 8.71. The van der Waals surface area contributed by atoms with Crippen molar-refractivity contribution in [2.45, 2.75) is 6.92 Å². The van der Waals surface area contributed by atoms with E-state index in [0.717, 1.165) is 25.3 Å². The van der Waals surface area contributed by atoms with Crippen LogP contribution < -0.4 is 5.32 Å². The lowest BCUT2D eigenvalue weighted by molar-refractivity contribution is 0.373. The Morgan fingerprint density at radius 1 is 1.46 bits per heavy atom. The first kappa shape index (κ1) is 12.0. The summed E-state index contributed by atoms with van der Waals surface area (Å²) in [5.74, 6) is 0. The van der Waals surface area contributed by atoms with Gasteiger partial charge in [0.05, 0.1) is 0 Å². The fourth-order valence-electron chi connectivity index (χ4n) is 1.14. The van der Waals surface area contributed by atoms with Gasteiger partial charge in [0.25, 0.3) is 0 Å². The number of hydrogen-bond donors (Lipinski definition) is 1. The van der Waals surface area contributed by atoms with Gasteiger partial charge in [-0.3, -0.25) is 0 Å². The molecule has 0 bridgehead atoms. The Balaban J connectivity index is 4.24. The van der Waals surface area contributed by atoms with Crippen molar-refractivity contribution in [1.29, 1.82) is 0 Å². The molecule has 0 unspecified atom stereocenters. The van der Waals surface area contributed by atoms with Crippen LogP contribution in [0.25, 0.3) is 0 Å². The van der Waals surface area contributed by atoms with Crippen molar-refractivity contribution in [3.8, 4) is 0 Å². The fraction of sp³-hybridized carbons (Fsp3) is 0.455. The van der Waals surface area contributed by atoms with Crippen LogP contribution in [0.2, 0.25) is 0 Å². The van der Waals surface area contributed by atoms with Crippen LogP contribution in [0.1, 0.15) is 6.92 Å². The first-order valence-corrected chi connectivity index (χ1v) is 4.64. The van der Waals surface area contributed by atoms with Gasteiger partial charge in [-0.2, -0.15) is 0 Å². The largest absolute Gasteiger partial charge is 0.371 e. The molecule has 0 spiro atoms. The number of hydrogen-bond acceptors (Lipinski definition) is 2. The van der Waals surface area contributed by atoms with Gasteiger partial charge in [0, 0.05) is 25.3 Å². The second kappa shape index (κ2) is 7.62. The van der Waals surface area contributed by atoms with Crippen LogP contribution in [0.4, 0.5) is 0 Å². The fourth-order valence-corrected chi connectivity index (χ4v) is 1.14. The van der Waals surface area contributed by atoms with Crippen molar-refractivity contribution < 1.29 is 0 Å². The van der Waals surface area contributed by atoms with E-state index in [2.05, 4.69) is 30.3 Å². The summed E-state index contributed by atoms with van der Waals surface area (Å²) in [7, 11) is 1.96. The topological polar surface area (TPSA) is 15.3 Å². The molecule has 0 atom stereocenters. The standard InChI is InChI=1S/C11H20N2/c1-5-8-11(6-2)13(7-3)10-9-12-4/h5-6,8,12H,1-2,7,9-10H2,3-4H3/b11-8+. The van der Waals surface area contributed by atoms with E-state index in [1.165, 1.54) is 0 Å². The summed E-state index contributed by atoms with van der Waals surface area (Å²) < 4.78 is 0. The van der Waals surface area contributed by atoms with Crippen LogP contribution in [-0.2, 0) is 0 Å². The summed E-state index contributed by atoms with van der Waals surface area (Å²) in [6.45, 7) is 12.6. The van der Waals surface area contributed by atoms with Gasteiger partial charge in [0.1, 0.15) is 0 Å². The number of rotatable bonds is 7. The second-order valence-electron chi connectivity index (χ2n) is 2.71. The molecule has 0 fully saturated rings. The van der Waals surface area contributed by atoms with Gasteiger partial charge in [-0.1, -0.05) is 19.2 Å². The Bertz CT molecular complexity index is 183. The van der Waals surface area contributed by atoms with Crippen molar-refractivity contribution >= 4 is 0 Å². The minimum Gasteiger partial charge on any atom is -0.371 e. The Morgan fingerprint density at radius 3 is 2.54 bits per heavy atom. The molecule has 0 aliphatic heterocycles. The molecule has 0 amide bonds. The molecule has 2 nitrogen and oxygen atoms in total. The van der Waals surface area contributed by atoms with Gasteiger partial charge in [0.15, 0.2) is 0 Å². The Hall–Kier alpha value is -1.02. The Labute approximate surface area is 81.6 Å². The van der Waals surface area contributed by atoms with E-state index >= 15 is 0 Å². The van der Waals surface area contributed by atoms with E-state index in [1.54, 1.807) is 6.08 Å². The average molecular weight is 180 g/mol. The van der Waals surface area contributed by atoms with Crippen LogP contribution in [0.15, 0.2) is 37.1 Å². The van der Waals surface area contributed by atoms with Crippen LogP contribution in [0.5, 0.6) is 0 Å². The molecule has 0 radical (unpaired) electrons. The molecule has 0 saturated heterocycles. The normalized spacial score (nSPS) is 11.1. The molecule has 0 saturated carbocycles. The smallest absolute Gasteiger partial charge is 0.0360 e. The lowest BCUT2D eigenvalue weighted by Gasteiger charge is -2.23. The summed E-state index contributed by atoms with van der Waals surface area (Å²) in [4.78, 5) is 2.26. The molecule has 0 aromatic rings. The SMILES string of the molecule is C=C/C=C(\C=C)N(CC)CCNC. The van der Waals surface area contributed by atoms with E-state index in [9.17, 15) is 0 Å². The van der Waals surface area contributed by atoms with Crippen LogP contribution in [0.3, 0.4) is 0 Å². The van der Waals surface area contributed by atoms with Gasteiger partial charge in [0.2, 0.25) is 0 Å². The molecule has 0 aliphatic carbocycles. The first-order chi connectivity index (χ1) is 6.29. The predicted octanol–water partition coefficient (Wildman–Crippen LogP) is 1.78. The quantitative estimate of drug-likeness (QED) is 0.601. The highest BCUT2D eigenvalue weighted by atomic mass is 15.1. The van der Waals surface area contributed by atoms with Crippen molar-refractivity contribution in [3.05, 3.63) is 37.1 Å². The summed E-state index contributed by atoms with van der Waals surface area (Å²) in [5, 5.41) is 3.12. The molecule has 13 heavy (non-hydrogen) atoms. The van der Waals surface area contributed by atoms with Crippen molar-refractivity contribution in [3.63, 3.8) is 0 Å². The lowest BCUT2D eigenvalue weighted by Crippen LogP contribution is -2.29. The minimum atomic E-state index is 0.982. The van der Waals surface area contributed by atoms with Crippen molar-refractivity contribution in [2.75, 3.05) is 26.7 Å². The van der Waals surface area contributed by atoms with Crippen LogP contribution in [0, 0.1) is 0 Å². The third-order valence-corrected chi connectivity index (χ3v) is 1.88. The number of likely N-dealkylation sites (N-methyl/N-ethyl adjacent to an activating group) is 2. The maximum absolute atomic E-state index is 3.78. The number of nitrogens with zero attached hydrogens (tertiary/aromatic N) is 1. The third-order valence-electron chi connectivity index (χ3n) is 1.88. The average Bonchev–Trinajstić information content (AvgIpc) is 2.17. The van der Waals surface area contributed by atoms with Crippen molar-refractivity contribution in [1.82, 2.24) is 10.2 Å². The monoisotopic (exact) mass is 180 g/mol. The molecule has 0 aliphatic rings. The van der Waals surface area contributed by atoms with Gasteiger partial charge in [-0.05, 0) is 26.1 Å². The van der Waals surface area contributed by atoms with Crippen LogP contribution >= 0.6 is 0 Å². The second-order valence-corrected chi connectivity index (χ2v) is 2.71. The number of allylic oxidation sites excluding steroid dienone is 3. The molecule has 0 rings (SSSR count). The molecule has 74 valence electrons. The van der Waals surface area contributed by atoms with Gasteiger partial charge in [-0.15, -0.1) is 0 Å². The third kappa shape index (κ3) is 4.53. The summed E-state index contributed by atoms with van der Waals surface area (Å²) in [5.41, 5.74) is 1.13. The van der Waals surface area contributed by atoms with E-state index in [1.807, 2.05) is 19.2 Å². The van der Waals surface area contributed by atoms with Crippen LogP contribution in [-0.4, -0.2) is 31.6 Å². The van der Waals surface area contributed by atoms with Gasteiger partial charge in [-0.25, -0.2) is 0 Å². The zero-order chi connectivity index (χ0) is 10.1. The lowest BCUT2D eigenvalue weighted by atomic mass is 10.3. The van der Waals surface area contributed by atoms with E-state index in [4.69, 9.17) is 0 Å². The summed E-state index contributed by atoms with van der Waals surface area (Å²) in [6.07, 6.45) is 5.63. The molecule has 1 N–H and O–H groups in total. The first-order valence-electron chi connectivity index (χ1n) is 4.64. The van der Waals surface area contributed by atoms with Crippen molar-refractivity contribution in [2.24, 2.45) is 0 Å². The van der Waals surface area contributed by atoms with Gasteiger partial charge >= 0.3 is 0 Å². The predicted molar refractivity (Wildman–Crippen MR) is 59.7 cm³/mol. The van der Waals surface area contributed by atoms with E-state index in [0.29, 0.717) is 0 Å². The van der Waals surface area contributed by atoms with Gasteiger partial charge < -0.3 is 10.2 Å². The Kier molecular flexibility index (Phi) is 7.02. The highest BCUT2D eigenvalue weighted by Gasteiger charge is 2.01. The highest BCUT2D eigenvalue weighted by Crippen LogP contribution is 2.04. The summed E-state index contributed by atoms with van der Waals surface area (Å²) >= 11 is 0. The highest BCUT2D eigenvalue weighted by molar-refractivity contribution is 5.19. The molecule has 0 aromatic carbocycles. The summed E-state index contributed by atoms with van der Waals surface area (Å²) in [6, 6.07) is 0. The molecular weight excluding hydrogens is 160 g/mol. The maximum Gasteiger partial charge on any atom is 0.0360 e. The molecule has 0 aromatic heterocycles. The Morgan fingerprint density at radius 2 is 2.15 bits per heavy atom. The maximum atomic E-state index is 3.78. The number of nitrogens with one attached hydrogen (secondary N) is 1. The van der Waals surface area contributed by atoms with E-state index in [-0.39, 0.29) is 0 Å². The zero-order valence-electron chi connectivity index (χ0n) is 8.71. The minimum absolute atomic E-state index is 0.982. The molecular formula is C11H20N2. The molecule has 2 heteroatoms. The molecule has 0 heterocycles.